The number of amides is 1. The number of carbonyl (C=O) groups excluding carboxylic acids is 1. The molecule has 1 unspecified atom stereocenters. The normalized spacial score (nSPS) is 17.4. The zero-order valence-electron chi connectivity index (χ0n) is 12.5. The largest absolute Gasteiger partial charge is 0.481 e. The fraction of sp³-hybridized carbons (Fsp3) is 0.529. The molecule has 1 aromatic rings. The first-order valence-corrected chi connectivity index (χ1v) is 7.77. The zero-order chi connectivity index (χ0) is 15.2. The quantitative estimate of drug-likeness (QED) is 0.815. The fourth-order valence-corrected chi connectivity index (χ4v) is 2.92. The van der Waals surface area contributed by atoms with Crippen molar-refractivity contribution in [2.24, 2.45) is 0 Å². The number of hydrogen-bond donors (Lipinski definition) is 1. The predicted octanol–water partition coefficient (Wildman–Crippen LogP) is 3.56. The van der Waals surface area contributed by atoms with Gasteiger partial charge in [0.2, 0.25) is 5.91 Å². The average Bonchev–Trinajstić information content (AvgIpc) is 2.50. The fourth-order valence-electron chi connectivity index (χ4n) is 2.92. The molecular weight excluding hydrogens is 266 g/mol. The minimum absolute atomic E-state index is 0.113. The predicted molar refractivity (Wildman–Crippen MR) is 82.5 cm³/mol. The van der Waals surface area contributed by atoms with Crippen LogP contribution in [0.5, 0.6) is 0 Å². The highest BCUT2D eigenvalue weighted by Crippen LogP contribution is 2.35. The molecule has 1 amide bonds. The van der Waals surface area contributed by atoms with E-state index >= 15 is 0 Å². The molecule has 1 aliphatic heterocycles. The highest BCUT2D eigenvalue weighted by molar-refractivity contribution is 5.96. The molecule has 0 saturated heterocycles. The van der Waals surface area contributed by atoms with E-state index in [9.17, 15) is 14.7 Å². The molecule has 4 heteroatoms. The van der Waals surface area contributed by atoms with Gasteiger partial charge in [0.25, 0.3) is 0 Å². The van der Waals surface area contributed by atoms with Crippen molar-refractivity contribution in [3.8, 4) is 0 Å². The van der Waals surface area contributed by atoms with Crippen molar-refractivity contribution in [2.75, 3.05) is 11.4 Å². The highest BCUT2D eigenvalue weighted by atomic mass is 16.4. The summed E-state index contributed by atoms with van der Waals surface area (Å²) in [6.45, 7) is 2.65. The third-order valence-corrected chi connectivity index (χ3v) is 4.09. The van der Waals surface area contributed by atoms with Gasteiger partial charge in [-0.25, -0.2) is 0 Å². The van der Waals surface area contributed by atoms with Crippen molar-refractivity contribution in [3.05, 3.63) is 29.8 Å². The summed E-state index contributed by atoms with van der Waals surface area (Å²) >= 11 is 0. The van der Waals surface area contributed by atoms with Crippen LogP contribution in [-0.4, -0.2) is 23.5 Å². The molecule has 0 aromatic heterocycles. The van der Waals surface area contributed by atoms with Gasteiger partial charge in [-0.2, -0.15) is 0 Å². The molecule has 0 aliphatic carbocycles. The average molecular weight is 289 g/mol. The Labute approximate surface area is 125 Å². The van der Waals surface area contributed by atoms with E-state index in [1.165, 1.54) is 0 Å². The van der Waals surface area contributed by atoms with Crippen LogP contribution in [0, 0.1) is 0 Å². The molecule has 1 atom stereocenters. The third kappa shape index (κ3) is 3.63. The second-order valence-electron chi connectivity index (χ2n) is 5.59. The van der Waals surface area contributed by atoms with Crippen molar-refractivity contribution >= 4 is 17.6 Å². The van der Waals surface area contributed by atoms with Gasteiger partial charge in [0.05, 0.1) is 5.92 Å². The number of rotatable bonds is 6. The molecule has 4 nitrogen and oxygen atoms in total. The SMILES string of the molecule is CCCCCCC(=O)N1CCC(C(=O)O)c2ccccc21. The summed E-state index contributed by atoms with van der Waals surface area (Å²) in [5.41, 5.74) is 1.54. The van der Waals surface area contributed by atoms with Gasteiger partial charge >= 0.3 is 5.97 Å². The van der Waals surface area contributed by atoms with Gasteiger partial charge in [-0.05, 0) is 24.5 Å². The Bertz CT molecular complexity index is 513. The standard InChI is InChI=1S/C17H23NO3/c1-2-3-4-5-10-16(19)18-12-11-14(17(20)21)13-8-6-7-9-15(13)18/h6-9,14H,2-5,10-12H2,1H3,(H,20,21). The lowest BCUT2D eigenvalue weighted by molar-refractivity contribution is -0.139. The maximum absolute atomic E-state index is 12.4. The van der Waals surface area contributed by atoms with Crippen LogP contribution in [-0.2, 0) is 9.59 Å². The Morgan fingerprint density at radius 1 is 1.24 bits per heavy atom. The van der Waals surface area contributed by atoms with E-state index in [0.717, 1.165) is 36.9 Å². The van der Waals surface area contributed by atoms with Crippen molar-refractivity contribution in [2.45, 2.75) is 51.4 Å². The zero-order valence-corrected chi connectivity index (χ0v) is 12.5. The number of aliphatic carboxylic acids is 1. The molecule has 21 heavy (non-hydrogen) atoms. The number of carbonyl (C=O) groups is 2. The van der Waals surface area contributed by atoms with Crippen LogP contribution in [0.4, 0.5) is 5.69 Å². The number of unbranched alkanes of at least 4 members (excludes halogenated alkanes) is 3. The van der Waals surface area contributed by atoms with E-state index in [-0.39, 0.29) is 5.91 Å². The summed E-state index contributed by atoms with van der Waals surface area (Å²) in [4.78, 5) is 25.5. The molecule has 0 radical (unpaired) electrons. The number of hydrogen-bond acceptors (Lipinski definition) is 2. The molecule has 0 saturated carbocycles. The van der Waals surface area contributed by atoms with Gasteiger partial charge in [-0.1, -0.05) is 44.4 Å². The lowest BCUT2D eigenvalue weighted by Crippen LogP contribution is -2.38. The van der Waals surface area contributed by atoms with Crippen LogP contribution in [0.3, 0.4) is 0 Å². The minimum atomic E-state index is -0.808. The van der Waals surface area contributed by atoms with Gasteiger partial charge in [-0.15, -0.1) is 0 Å². The van der Waals surface area contributed by atoms with E-state index in [2.05, 4.69) is 6.92 Å². The van der Waals surface area contributed by atoms with E-state index in [4.69, 9.17) is 0 Å². The Morgan fingerprint density at radius 2 is 2.00 bits per heavy atom. The molecule has 1 N–H and O–H groups in total. The third-order valence-electron chi connectivity index (χ3n) is 4.09. The van der Waals surface area contributed by atoms with Gasteiger partial charge in [-0.3, -0.25) is 9.59 Å². The second-order valence-corrected chi connectivity index (χ2v) is 5.59. The first-order chi connectivity index (χ1) is 10.1. The van der Waals surface area contributed by atoms with Gasteiger partial charge in [0, 0.05) is 18.7 Å². The molecule has 1 aliphatic rings. The maximum Gasteiger partial charge on any atom is 0.311 e. The van der Waals surface area contributed by atoms with Crippen molar-refractivity contribution in [1.29, 1.82) is 0 Å². The van der Waals surface area contributed by atoms with Crippen molar-refractivity contribution in [1.82, 2.24) is 0 Å². The van der Waals surface area contributed by atoms with E-state index in [0.29, 0.717) is 19.4 Å². The van der Waals surface area contributed by atoms with Crippen LogP contribution in [0.1, 0.15) is 56.9 Å². The Kier molecular flexibility index (Phi) is 5.37. The van der Waals surface area contributed by atoms with Crippen LogP contribution in [0.25, 0.3) is 0 Å². The summed E-state index contributed by atoms with van der Waals surface area (Å²) in [5.74, 6) is -1.19. The molecule has 2 rings (SSSR count). The second kappa shape index (κ2) is 7.25. The van der Waals surface area contributed by atoms with Crippen LogP contribution in [0.2, 0.25) is 0 Å². The van der Waals surface area contributed by atoms with E-state index < -0.39 is 11.9 Å². The molecule has 0 spiro atoms. The lowest BCUT2D eigenvalue weighted by Gasteiger charge is -2.32. The Morgan fingerprint density at radius 3 is 2.71 bits per heavy atom. The minimum Gasteiger partial charge on any atom is -0.481 e. The van der Waals surface area contributed by atoms with Crippen molar-refractivity contribution < 1.29 is 14.7 Å². The molecular formula is C17H23NO3. The Balaban J connectivity index is 2.10. The topological polar surface area (TPSA) is 57.6 Å². The van der Waals surface area contributed by atoms with Crippen LogP contribution >= 0.6 is 0 Å². The van der Waals surface area contributed by atoms with Crippen molar-refractivity contribution in [3.63, 3.8) is 0 Å². The van der Waals surface area contributed by atoms with Gasteiger partial charge in [0.1, 0.15) is 0 Å². The summed E-state index contributed by atoms with van der Waals surface area (Å²) in [6.07, 6.45) is 5.34. The number of anilines is 1. The number of nitrogens with zero attached hydrogens (tertiary/aromatic N) is 1. The summed E-state index contributed by atoms with van der Waals surface area (Å²) in [6, 6.07) is 7.38. The van der Waals surface area contributed by atoms with Crippen LogP contribution in [0.15, 0.2) is 24.3 Å². The Hall–Kier alpha value is -1.84. The number of benzene rings is 1. The summed E-state index contributed by atoms with van der Waals surface area (Å²) in [7, 11) is 0. The number of para-hydroxylation sites is 1. The molecule has 0 fully saturated rings. The van der Waals surface area contributed by atoms with E-state index in [1.54, 1.807) is 4.90 Å². The molecule has 0 bridgehead atoms. The number of carboxylic acid groups (broad SMARTS) is 1. The lowest BCUT2D eigenvalue weighted by atomic mass is 9.89. The molecule has 114 valence electrons. The molecule has 1 heterocycles. The first kappa shape index (κ1) is 15.5. The summed E-state index contributed by atoms with van der Waals surface area (Å²) in [5, 5.41) is 9.31. The highest BCUT2D eigenvalue weighted by Gasteiger charge is 2.31. The monoisotopic (exact) mass is 289 g/mol. The summed E-state index contributed by atoms with van der Waals surface area (Å²) < 4.78 is 0. The van der Waals surface area contributed by atoms with Crippen LogP contribution < -0.4 is 4.90 Å². The van der Waals surface area contributed by atoms with Gasteiger partial charge < -0.3 is 10.0 Å². The van der Waals surface area contributed by atoms with Gasteiger partial charge in [0.15, 0.2) is 0 Å². The maximum atomic E-state index is 12.4. The number of fused-ring (bicyclic) bond motifs is 1. The molecule has 1 aromatic carbocycles. The first-order valence-electron chi connectivity index (χ1n) is 7.77. The van der Waals surface area contributed by atoms with E-state index in [1.807, 2.05) is 24.3 Å². The number of carboxylic acids is 1. The smallest absolute Gasteiger partial charge is 0.311 e.